The Balaban J connectivity index is 0.955. The number of amides is 3. The Kier molecular flexibility index (Phi) is 10.6. The van der Waals surface area contributed by atoms with Crippen molar-refractivity contribution in [3.05, 3.63) is 77.2 Å². The molecule has 298 valence electrons. The van der Waals surface area contributed by atoms with E-state index in [1.165, 1.54) is 38.8 Å². The Hall–Kier alpha value is -4.88. The summed E-state index contributed by atoms with van der Waals surface area (Å²) in [6, 6.07) is 8.67. The highest BCUT2D eigenvalue weighted by Gasteiger charge is 2.48. The second-order valence-electron chi connectivity index (χ2n) is 17.3. The van der Waals surface area contributed by atoms with Gasteiger partial charge in [0.25, 0.3) is 0 Å². The van der Waals surface area contributed by atoms with Crippen LogP contribution in [0.1, 0.15) is 95.4 Å². The molecule has 0 bridgehead atoms. The zero-order valence-electron chi connectivity index (χ0n) is 33.1. The van der Waals surface area contributed by atoms with Gasteiger partial charge in [0.2, 0.25) is 5.78 Å². The minimum Gasteiger partial charge on any atom is -0.453 e. The zero-order valence-corrected chi connectivity index (χ0v) is 33.1. The van der Waals surface area contributed by atoms with Crippen molar-refractivity contribution in [2.45, 2.75) is 90.5 Å². The van der Waals surface area contributed by atoms with Crippen LogP contribution < -0.4 is 16.0 Å². The topological polar surface area (TPSA) is 145 Å². The van der Waals surface area contributed by atoms with Crippen molar-refractivity contribution in [2.24, 2.45) is 11.3 Å². The lowest BCUT2D eigenvalue weighted by Crippen LogP contribution is -2.49. The zero-order chi connectivity index (χ0) is 39.0. The van der Waals surface area contributed by atoms with E-state index in [2.05, 4.69) is 37.8 Å². The lowest BCUT2D eigenvalue weighted by atomic mass is 9.71. The lowest BCUT2D eigenvalue weighted by molar-refractivity contribution is 0.0657. The number of furan rings is 1. The van der Waals surface area contributed by atoms with Gasteiger partial charge in [0, 0.05) is 65.3 Å². The fourth-order valence-corrected chi connectivity index (χ4v) is 8.88. The highest BCUT2D eigenvalue weighted by molar-refractivity contribution is 6.09. The van der Waals surface area contributed by atoms with E-state index in [1.807, 2.05) is 43.9 Å². The largest absolute Gasteiger partial charge is 0.453 e. The van der Waals surface area contributed by atoms with E-state index in [4.69, 9.17) is 13.7 Å². The first kappa shape index (κ1) is 38.0. The molecule has 2 atom stereocenters. The van der Waals surface area contributed by atoms with Gasteiger partial charge in [-0.2, -0.15) is 0 Å². The molecule has 3 saturated heterocycles. The number of carbonyl (C=O) groups excluding carboxylic acids is 3. The van der Waals surface area contributed by atoms with Crippen LogP contribution in [-0.4, -0.2) is 89.6 Å². The maximum atomic E-state index is 14.1. The van der Waals surface area contributed by atoms with Crippen molar-refractivity contribution in [2.75, 3.05) is 56.4 Å². The number of anilines is 2. The first-order chi connectivity index (χ1) is 26.9. The molecular formula is C43H55N7O6. The molecule has 1 aromatic carbocycles. The monoisotopic (exact) mass is 765 g/mol. The van der Waals surface area contributed by atoms with Crippen LogP contribution >= 0.6 is 0 Å². The van der Waals surface area contributed by atoms with Crippen molar-refractivity contribution in [1.29, 1.82) is 0 Å². The van der Waals surface area contributed by atoms with Gasteiger partial charge in [-0.05, 0) is 114 Å². The van der Waals surface area contributed by atoms with Crippen molar-refractivity contribution >= 4 is 40.4 Å². The van der Waals surface area contributed by atoms with Crippen LogP contribution in [0.2, 0.25) is 0 Å². The van der Waals surface area contributed by atoms with Gasteiger partial charge in [0.15, 0.2) is 11.6 Å². The molecule has 0 spiro atoms. The molecule has 1 aliphatic carbocycles. The molecule has 3 amide bonds. The number of nitrogens with one attached hydrogen (secondary N) is 3. The van der Waals surface area contributed by atoms with E-state index in [0.717, 1.165) is 44.5 Å². The van der Waals surface area contributed by atoms with Crippen LogP contribution in [0.15, 0.2) is 74.7 Å². The summed E-state index contributed by atoms with van der Waals surface area (Å²) in [4.78, 5) is 47.5. The molecule has 13 nitrogen and oxygen atoms in total. The van der Waals surface area contributed by atoms with E-state index < -0.39 is 11.4 Å². The number of benzene rings is 1. The Labute approximate surface area is 328 Å². The van der Waals surface area contributed by atoms with Crippen LogP contribution in [0.5, 0.6) is 0 Å². The minimum atomic E-state index is -0.609. The number of aromatic nitrogens is 1. The van der Waals surface area contributed by atoms with Crippen molar-refractivity contribution < 1.29 is 28.1 Å². The second kappa shape index (κ2) is 15.6. The van der Waals surface area contributed by atoms with E-state index in [0.29, 0.717) is 65.4 Å². The summed E-state index contributed by atoms with van der Waals surface area (Å²) in [7, 11) is 0. The standard InChI is InChI=1S/C43H55N7O6/c1-42(2,3)37-25-38(47-56-37)46-40(52)44-29-11-12-33-28(23-29)24-35(54-33)39(51)32-26-43(4)31(27-48-17-7-5-8-18-48)34(13-14-36(43)45-32)55-41(53)50-21-15-30(16-22-50)49-19-9-6-10-20-49/h11-14,23-26,30-31,45H,5-10,15-22,27H2,1-4H3,(H2,44,46,47,52). The number of carbonyl (C=O) groups is 3. The number of rotatable bonds is 8. The molecule has 2 aromatic heterocycles. The molecule has 4 aliphatic heterocycles. The molecule has 56 heavy (non-hydrogen) atoms. The highest BCUT2D eigenvalue weighted by Crippen LogP contribution is 2.48. The average Bonchev–Trinajstić information content (AvgIpc) is 3.93. The van der Waals surface area contributed by atoms with Crippen LogP contribution in [0.4, 0.5) is 21.1 Å². The summed E-state index contributed by atoms with van der Waals surface area (Å²) in [5.41, 5.74) is 1.50. The number of ether oxygens (including phenoxy) is 1. The first-order valence-corrected chi connectivity index (χ1v) is 20.4. The van der Waals surface area contributed by atoms with E-state index in [1.54, 1.807) is 30.3 Å². The smallest absolute Gasteiger partial charge is 0.414 e. The lowest BCUT2D eigenvalue weighted by Gasteiger charge is -2.42. The van der Waals surface area contributed by atoms with Gasteiger partial charge in [-0.1, -0.05) is 38.8 Å². The molecule has 2 unspecified atom stereocenters. The van der Waals surface area contributed by atoms with Gasteiger partial charge >= 0.3 is 12.1 Å². The summed E-state index contributed by atoms with van der Waals surface area (Å²) >= 11 is 0. The summed E-state index contributed by atoms with van der Waals surface area (Å²) < 4.78 is 17.7. The fourth-order valence-electron chi connectivity index (χ4n) is 8.88. The molecule has 3 fully saturated rings. The minimum absolute atomic E-state index is 0.180. The third-order valence-corrected chi connectivity index (χ3v) is 12.2. The second-order valence-corrected chi connectivity index (χ2v) is 17.3. The normalized spacial score (nSPS) is 23.8. The van der Waals surface area contributed by atoms with Crippen LogP contribution in [0.3, 0.4) is 0 Å². The Morgan fingerprint density at radius 1 is 0.929 bits per heavy atom. The number of nitrogens with zero attached hydrogens (tertiary/aromatic N) is 4. The highest BCUT2D eigenvalue weighted by atomic mass is 16.6. The summed E-state index contributed by atoms with van der Waals surface area (Å²) in [6.07, 6.45) is 14.9. The summed E-state index contributed by atoms with van der Waals surface area (Å²) in [5.74, 6) is 1.34. The Morgan fingerprint density at radius 3 is 2.38 bits per heavy atom. The summed E-state index contributed by atoms with van der Waals surface area (Å²) in [6.45, 7) is 14.6. The molecular weight excluding hydrogens is 711 g/mol. The Bertz CT molecular complexity index is 2050. The average molecular weight is 766 g/mol. The number of likely N-dealkylation sites (tertiary alicyclic amines) is 3. The number of urea groups is 1. The van der Waals surface area contributed by atoms with E-state index >= 15 is 0 Å². The first-order valence-electron chi connectivity index (χ1n) is 20.4. The number of piperidine rings is 3. The maximum absolute atomic E-state index is 14.1. The number of allylic oxidation sites excluding steroid dienone is 4. The van der Waals surface area contributed by atoms with Gasteiger partial charge in [-0.25, -0.2) is 9.59 Å². The van der Waals surface area contributed by atoms with Gasteiger partial charge < -0.3 is 39.0 Å². The van der Waals surface area contributed by atoms with Crippen molar-refractivity contribution in [3.8, 4) is 0 Å². The van der Waals surface area contributed by atoms with E-state index in [9.17, 15) is 14.4 Å². The van der Waals surface area contributed by atoms with Gasteiger partial charge in [-0.15, -0.1) is 0 Å². The van der Waals surface area contributed by atoms with Crippen molar-refractivity contribution in [1.82, 2.24) is 25.2 Å². The molecule has 3 aromatic rings. The molecule has 0 saturated carbocycles. The molecule has 5 aliphatic rings. The maximum Gasteiger partial charge on any atom is 0.414 e. The van der Waals surface area contributed by atoms with Crippen LogP contribution in [0, 0.1) is 11.3 Å². The Morgan fingerprint density at radius 2 is 1.66 bits per heavy atom. The van der Waals surface area contributed by atoms with Crippen LogP contribution in [-0.2, 0) is 10.2 Å². The molecule has 13 heteroatoms. The predicted octanol–water partition coefficient (Wildman–Crippen LogP) is 8.01. The number of ketones is 1. The number of fused-ring (bicyclic) bond motifs is 2. The third kappa shape index (κ3) is 8.02. The molecule has 0 radical (unpaired) electrons. The number of hydrogen-bond donors (Lipinski definition) is 3. The molecule has 8 rings (SSSR count). The number of hydrogen-bond acceptors (Lipinski definition) is 10. The van der Waals surface area contributed by atoms with Crippen molar-refractivity contribution in [3.63, 3.8) is 0 Å². The van der Waals surface area contributed by atoms with Gasteiger partial charge in [0.1, 0.15) is 17.1 Å². The van der Waals surface area contributed by atoms with Gasteiger partial charge in [-0.3, -0.25) is 10.1 Å². The molecule has 6 heterocycles. The third-order valence-electron chi connectivity index (χ3n) is 12.2. The van der Waals surface area contributed by atoms with Gasteiger partial charge in [0.05, 0.1) is 5.70 Å². The SMILES string of the molecule is CC(C)(C)c1cc(NC(=O)Nc2ccc3oc(C(=O)C4=CC5(C)C(=CC=C(OC(=O)N6CCC(N7CCCCC7)CC6)C5CN5CCCCC5)N4)cc3c2)no1. The predicted molar refractivity (Wildman–Crippen MR) is 214 cm³/mol. The van der Waals surface area contributed by atoms with Crippen LogP contribution in [0.25, 0.3) is 11.0 Å². The van der Waals surface area contributed by atoms with E-state index in [-0.39, 0.29) is 29.0 Å². The quantitative estimate of drug-likeness (QED) is 0.193. The summed E-state index contributed by atoms with van der Waals surface area (Å²) in [5, 5.41) is 13.5. The fraction of sp³-hybridized carbons (Fsp3) is 0.535. The molecule has 3 N–H and O–H groups in total. The number of Topliss-reactive ketones (excluding diaryl/α,β-unsaturated/α-hetero) is 1.